The van der Waals surface area contributed by atoms with Gasteiger partial charge >= 0.3 is 17.9 Å². The van der Waals surface area contributed by atoms with Gasteiger partial charge in [0.2, 0.25) is 0 Å². The lowest BCUT2D eigenvalue weighted by molar-refractivity contribution is -0.167. The highest BCUT2D eigenvalue weighted by Crippen LogP contribution is 2.15. The van der Waals surface area contributed by atoms with E-state index in [9.17, 15) is 14.4 Å². The van der Waals surface area contributed by atoms with Crippen molar-refractivity contribution < 1.29 is 28.6 Å². The summed E-state index contributed by atoms with van der Waals surface area (Å²) in [6.45, 7) is 6.59. The van der Waals surface area contributed by atoms with Gasteiger partial charge in [0, 0.05) is 19.3 Å². The summed E-state index contributed by atoms with van der Waals surface area (Å²) in [5, 5.41) is 0. The van der Waals surface area contributed by atoms with Crippen LogP contribution in [0.2, 0.25) is 0 Å². The fourth-order valence-electron chi connectivity index (χ4n) is 8.43. The van der Waals surface area contributed by atoms with Gasteiger partial charge in [0.1, 0.15) is 13.2 Å². The van der Waals surface area contributed by atoms with Crippen LogP contribution < -0.4 is 0 Å². The second-order valence-corrected chi connectivity index (χ2v) is 19.9. The van der Waals surface area contributed by atoms with Crippen molar-refractivity contribution in [1.82, 2.24) is 0 Å². The van der Waals surface area contributed by atoms with Gasteiger partial charge in [-0.25, -0.2) is 0 Å². The van der Waals surface area contributed by atoms with E-state index in [2.05, 4.69) is 81.5 Å². The van der Waals surface area contributed by atoms with Gasteiger partial charge in [-0.2, -0.15) is 0 Å². The molecule has 0 aliphatic carbocycles. The second-order valence-electron chi connectivity index (χ2n) is 19.9. The van der Waals surface area contributed by atoms with Crippen LogP contribution in [0.4, 0.5) is 0 Å². The van der Waals surface area contributed by atoms with Crippen LogP contribution in [0.25, 0.3) is 0 Å². The molecule has 6 nitrogen and oxygen atoms in total. The number of esters is 3. The van der Waals surface area contributed by atoms with E-state index in [0.717, 1.165) is 83.5 Å². The maximum absolute atomic E-state index is 12.9. The first-order valence-electron chi connectivity index (χ1n) is 29.8. The zero-order valence-electron chi connectivity index (χ0n) is 45.8. The van der Waals surface area contributed by atoms with Crippen molar-refractivity contribution in [2.75, 3.05) is 13.2 Å². The monoisotopic (exact) mass is 965 g/mol. The summed E-state index contributed by atoms with van der Waals surface area (Å²) in [6, 6.07) is 0. The average Bonchev–Trinajstić information content (AvgIpc) is 3.35. The van der Waals surface area contributed by atoms with Gasteiger partial charge in [-0.3, -0.25) is 14.4 Å². The lowest BCUT2D eigenvalue weighted by Crippen LogP contribution is -2.30. The van der Waals surface area contributed by atoms with Crippen molar-refractivity contribution in [3.8, 4) is 0 Å². The fraction of sp³-hybridized carbons (Fsp3) is 0.794. The number of hydrogen-bond donors (Lipinski definition) is 0. The predicted octanol–water partition coefficient (Wildman–Crippen LogP) is 20.0. The molecule has 0 N–H and O–H groups in total. The van der Waals surface area contributed by atoms with Crippen molar-refractivity contribution in [2.45, 2.75) is 309 Å². The van der Waals surface area contributed by atoms with E-state index in [4.69, 9.17) is 14.2 Å². The first kappa shape index (κ1) is 66.1. The largest absolute Gasteiger partial charge is 0.462 e. The Kier molecular flexibility index (Phi) is 55.3. The highest BCUT2D eigenvalue weighted by atomic mass is 16.6. The van der Waals surface area contributed by atoms with E-state index >= 15 is 0 Å². The Bertz CT molecular complexity index is 1250. The van der Waals surface area contributed by atoms with Crippen molar-refractivity contribution in [3.05, 3.63) is 60.8 Å². The van der Waals surface area contributed by atoms with E-state index < -0.39 is 6.10 Å². The lowest BCUT2D eigenvalue weighted by Gasteiger charge is -2.18. The van der Waals surface area contributed by atoms with Gasteiger partial charge in [-0.05, 0) is 103 Å². The average molecular weight is 966 g/mol. The molecular formula is C63H112O6. The van der Waals surface area contributed by atoms with Crippen molar-refractivity contribution in [2.24, 2.45) is 0 Å². The Morgan fingerprint density at radius 3 is 0.870 bits per heavy atom. The number of rotatable bonds is 54. The topological polar surface area (TPSA) is 78.9 Å². The summed E-state index contributed by atoms with van der Waals surface area (Å²) >= 11 is 0. The zero-order valence-corrected chi connectivity index (χ0v) is 45.8. The van der Waals surface area contributed by atoms with Crippen LogP contribution in [0.1, 0.15) is 303 Å². The van der Waals surface area contributed by atoms with Gasteiger partial charge in [0.25, 0.3) is 0 Å². The Morgan fingerprint density at radius 2 is 0.536 bits per heavy atom. The summed E-state index contributed by atoms with van der Waals surface area (Å²) in [6.07, 6.45) is 72.1. The Balaban J connectivity index is 4.31. The van der Waals surface area contributed by atoms with Gasteiger partial charge in [-0.1, -0.05) is 242 Å². The maximum atomic E-state index is 12.9. The van der Waals surface area contributed by atoms with Crippen LogP contribution in [0.15, 0.2) is 60.8 Å². The minimum Gasteiger partial charge on any atom is -0.462 e. The minimum absolute atomic E-state index is 0.0815. The molecule has 0 saturated heterocycles. The summed E-state index contributed by atoms with van der Waals surface area (Å²) in [5.41, 5.74) is 0. The third-order valence-corrected chi connectivity index (χ3v) is 13.0. The molecule has 400 valence electrons. The SMILES string of the molecule is CCCC/C=C\CCCCCCCC(=O)OCC(COC(=O)CCCCCCCCCC/C=C\C/C=C\C/C=C\CCCCCCC)OC(=O)CCCCCCCCC/C=C\CCCCCCCC. The Morgan fingerprint density at radius 1 is 0.290 bits per heavy atom. The molecule has 0 radical (unpaired) electrons. The first-order chi connectivity index (χ1) is 34.0. The second kappa shape index (κ2) is 57.7. The Hall–Kier alpha value is -2.89. The number of allylic oxidation sites excluding steroid dienone is 10. The quantitative estimate of drug-likeness (QED) is 0.0262. The molecule has 69 heavy (non-hydrogen) atoms. The molecule has 0 rings (SSSR count). The molecule has 1 atom stereocenters. The minimum atomic E-state index is -0.782. The van der Waals surface area contributed by atoms with E-state index in [1.165, 1.54) is 180 Å². The molecule has 0 bridgehead atoms. The first-order valence-corrected chi connectivity index (χ1v) is 29.8. The van der Waals surface area contributed by atoms with E-state index in [-0.39, 0.29) is 31.1 Å². The van der Waals surface area contributed by atoms with Crippen molar-refractivity contribution in [1.29, 1.82) is 0 Å². The molecule has 0 amide bonds. The van der Waals surface area contributed by atoms with Gasteiger partial charge in [0.05, 0.1) is 0 Å². The Labute approximate surface area is 428 Å². The van der Waals surface area contributed by atoms with Crippen LogP contribution in [-0.4, -0.2) is 37.2 Å². The standard InChI is InChI=1S/C63H112O6/c1-4-7-10-13-16-19-22-24-26-28-29-30-31-32-33-35-36-38-41-44-47-50-53-56-62(65)68-59-60(58-67-61(64)55-52-49-46-43-40-21-18-15-12-9-6-3)69-63(66)57-54-51-48-45-42-39-37-34-27-25-23-20-17-14-11-8-5-2/h15,18,22,24-25,27-29,31-32,60H,4-14,16-17,19-21,23,26,30,33-59H2,1-3H3/b18-15-,24-22-,27-25-,29-28-,32-31-. The molecular weight excluding hydrogens is 853 g/mol. The number of carbonyl (C=O) groups excluding carboxylic acids is 3. The zero-order chi connectivity index (χ0) is 50.0. The summed E-state index contributed by atoms with van der Waals surface area (Å²) in [4.78, 5) is 38.1. The molecule has 0 aliphatic rings. The molecule has 6 heteroatoms. The molecule has 0 saturated carbocycles. The lowest BCUT2D eigenvalue weighted by atomic mass is 10.1. The molecule has 0 aromatic carbocycles. The number of hydrogen-bond acceptors (Lipinski definition) is 6. The molecule has 0 fully saturated rings. The van der Waals surface area contributed by atoms with Gasteiger partial charge in [0.15, 0.2) is 6.10 Å². The van der Waals surface area contributed by atoms with Crippen LogP contribution in [0.3, 0.4) is 0 Å². The smallest absolute Gasteiger partial charge is 0.306 e. The van der Waals surface area contributed by atoms with E-state index in [0.29, 0.717) is 19.3 Å². The van der Waals surface area contributed by atoms with Crippen LogP contribution in [-0.2, 0) is 28.6 Å². The molecule has 0 aromatic heterocycles. The van der Waals surface area contributed by atoms with Crippen molar-refractivity contribution >= 4 is 17.9 Å². The summed E-state index contributed by atoms with van der Waals surface area (Å²) in [7, 11) is 0. The normalized spacial score (nSPS) is 12.4. The molecule has 1 unspecified atom stereocenters. The highest BCUT2D eigenvalue weighted by molar-refractivity contribution is 5.71. The number of ether oxygens (including phenoxy) is 3. The van der Waals surface area contributed by atoms with Crippen molar-refractivity contribution in [3.63, 3.8) is 0 Å². The maximum Gasteiger partial charge on any atom is 0.306 e. The third-order valence-electron chi connectivity index (χ3n) is 13.0. The third kappa shape index (κ3) is 55.9. The van der Waals surface area contributed by atoms with Crippen LogP contribution in [0, 0.1) is 0 Å². The summed E-state index contributed by atoms with van der Waals surface area (Å²) in [5.74, 6) is -0.892. The van der Waals surface area contributed by atoms with E-state index in [1.54, 1.807) is 0 Å². The van der Waals surface area contributed by atoms with Gasteiger partial charge < -0.3 is 14.2 Å². The predicted molar refractivity (Wildman–Crippen MR) is 298 cm³/mol. The van der Waals surface area contributed by atoms with Crippen LogP contribution in [0.5, 0.6) is 0 Å². The number of carbonyl (C=O) groups is 3. The fourth-order valence-corrected chi connectivity index (χ4v) is 8.43. The summed E-state index contributed by atoms with van der Waals surface area (Å²) < 4.78 is 16.9. The molecule has 0 spiro atoms. The molecule has 0 aromatic rings. The van der Waals surface area contributed by atoms with E-state index in [1.807, 2.05) is 0 Å². The molecule has 0 aliphatic heterocycles. The highest BCUT2D eigenvalue weighted by Gasteiger charge is 2.19. The van der Waals surface area contributed by atoms with Crippen LogP contribution >= 0.6 is 0 Å². The number of unbranched alkanes of at least 4 members (excludes halogenated alkanes) is 33. The van der Waals surface area contributed by atoms with Gasteiger partial charge in [-0.15, -0.1) is 0 Å². The molecule has 0 heterocycles.